The molecule has 1 aliphatic rings. The van der Waals surface area contributed by atoms with Crippen LogP contribution < -0.4 is 10.6 Å². The van der Waals surface area contributed by atoms with E-state index in [1.54, 1.807) is 19.2 Å². The van der Waals surface area contributed by atoms with Gasteiger partial charge in [-0.25, -0.2) is 9.18 Å². The lowest BCUT2D eigenvalue weighted by atomic mass is 9.97. The standard InChI is InChI=1S/C16H24FN3O2/c1-22-11-10-20-8-6-13(7-9-20)12-18-16(21)19-15-4-2-14(17)3-5-15/h2-5,13H,6-12H2,1H3,(H2,18,19,21). The van der Waals surface area contributed by atoms with Gasteiger partial charge in [-0.15, -0.1) is 0 Å². The van der Waals surface area contributed by atoms with Gasteiger partial charge in [0.1, 0.15) is 5.82 Å². The third-order valence-electron chi connectivity index (χ3n) is 3.97. The van der Waals surface area contributed by atoms with Crippen molar-refractivity contribution in [2.75, 3.05) is 45.2 Å². The van der Waals surface area contributed by atoms with Gasteiger partial charge >= 0.3 is 6.03 Å². The van der Waals surface area contributed by atoms with Gasteiger partial charge in [0.05, 0.1) is 6.61 Å². The molecule has 0 atom stereocenters. The second-order valence-electron chi connectivity index (χ2n) is 5.62. The highest BCUT2D eigenvalue weighted by Crippen LogP contribution is 2.16. The highest BCUT2D eigenvalue weighted by atomic mass is 19.1. The van der Waals surface area contributed by atoms with Gasteiger partial charge in [-0.2, -0.15) is 0 Å². The van der Waals surface area contributed by atoms with Crippen LogP contribution in [0.15, 0.2) is 24.3 Å². The Bertz CT molecular complexity index is 459. The van der Waals surface area contributed by atoms with Crippen LogP contribution in [0.2, 0.25) is 0 Å². The summed E-state index contributed by atoms with van der Waals surface area (Å²) in [5, 5.41) is 5.59. The molecule has 22 heavy (non-hydrogen) atoms. The first kappa shape index (κ1) is 16.7. The Morgan fingerprint density at radius 3 is 2.64 bits per heavy atom. The quantitative estimate of drug-likeness (QED) is 0.848. The summed E-state index contributed by atoms with van der Waals surface area (Å²) in [5.74, 6) is 0.198. The van der Waals surface area contributed by atoms with Gasteiger partial charge < -0.3 is 20.3 Å². The van der Waals surface area contributed by atoms with E-state index in [1.807, 2.05) is 0 Å². The van der Waals surface area contributed by atoms with Crippen molar-refractivity contribution in [3.8, 4) is 0 Å². The maximum atomic E-state index is 12.8. The van der Waals surface area contributed by atoms with Crippen LogP contribution in [-0.4, -0.2) is 50.8 Å². The van der Waals surface area contributed by atoms with Crippen LogP contribution in [0.1, 0.15) is 12.8 Å². The molecule has 1 heterocycles. The summed E-state index contributed by atoms with van der Waals surface area (Å²) >= 11 is 0. The zero-order chi connectivity index (χ0) is 15.8. The molecule has 1 fully saturated rings. The van der Waals surface area contributed by atoms with Crippen molar-refractivity contribution in [1.82, 2.24) is 10.2 Å². The highest BCUT2D eigenvalue weighted by molar-refractivity contribution is 5.89. The molecule has 1 saturated heterocycles. The van der Waals surface area contributed by atoms with Crippen molar-refractivity contribution in [2.45, 2.75) is 12.8 Å². The van der Waals surface area contributed by atoms with Gasteiger partial charge in [-0.1, -0.05) is 0 Å². The maximum absolute atomic E-state index is 12.8. The lowest BCUT2D eigenvalue weighted by Crippen LogP contribution is -2.40. The molecule has 0 spiro atoms. The fraction of sp³-hybridized carbons (Fsp3) is 0.562. The van der Waals surface area contributed by atoms with E-state index >= 15 is 0 Å². The zero-order valence-corrected chi connectivity index (χ0v) is 13.0. The number of piperidine rings is 1. The SMILES string of the molecule is COCCN1CCC(CNC(=O)Nc2ccc(F)cc2)CC1. The van der Waals surface area contributed by atoms with Crippen molar-refractivity contribution >= 4 is 11.7 Å². The van der Waals surface area contributed by atoms with Crippen LogP contribution in [-0.2, 0) is 4.74 Å². The maximum Gasteiger partial charge on any atom is 0.319 e. The topological polar surface area (TPSA) is 53.6 Å². The van der Waals surface area contributed by atoms with E-state index in [4.69, 9.17) is 4.74 Å². The smallest absolute Gasteiger partial charge is 0.319 e. The van der Waals surface area contributed by atoms with E-state index in [9.17, 15) is 9.18 Å². The summed E-state index contributed by atoms with van der Waals surface area (Å²) in [5.41, 5.74) is 0.591. The molecule has 0 saturated carbocycles. The van der Waals surface area contributed by atoms with Gasteiger partial charge in [0, 0.05) is 25.9 Å². The minimum absolute atomic E-state index is 0.242. The Morgan fingerprint density at radius 1 is 1.32 bits per heavy atom. The number of hydrogen-bond donors (Lipinski definition) is 2. The zero-order valence-electron chi connectivity index (χ0n) is 13.0. The molecule has 2 rings (SSSR count). The van der Waals surface area contributed by atoms with E-state index in [0.717, 1.165) is 39.1 Å². The lowest BCUT2D eigenvalue weighted by Gasteiger charge is -2.31. The van der Waals surface area contributed by atoms with Crippen LogP contribution >= 0.6 is 0 Å². The summed E-state index contributed by atoms with van der Waals surface area (Å²) in [6.45, 7) is 4.51. The molecule has 0 aromatic heterocycles. The number of ether oxygens (including phenoxy) is 1. The number of halogens is 1. The van der Waals surface area contributed by atoms with E-state index in [1.165, 1.54) is 12.1 Å². The van der Waals surface area contributed by atoms with Crippen LogP contribution in [0.25, 0.3) is 0 Å². The van der Waals surface area contributed by atoms with Crippen molar-refractivity contribution < 1.29 is 13.9 Å². The highest BCUT2D eigenvalue weighted by Gasteiger charge is 2.19. The Labute approximate surface area is 130 Å². The third-order valence-corrected chi connectivity index (χ3v) is 3.97. The number of likely N-dealkylation sites (tertiary alicyclic amines) is 1. The molecule has 5 nitrogen and oxygen atoms in total. The predicted molar refractivity (Wildman–Crippen MR) is 84.5 cm³/mol. The first-order valence-electron chi connectivity index (χ1n) is 7.69. The van der Waals surface area contributed by atoms with Gasteiger partial charge in [-0.05, 0) is 56.1 Å². The second kappa shape index (κ2) is 8.70. The average Bonchev–Trinajstić information content (AvgIpc) is 2.54. The molecule has 1 aromatic carbocycles. The molecular weight excluding hydrogens is 285 g/mol. The summed E-state index contributed by atoms with van der Waals surface area (Å²) in [6.07, 6.45) is 2.17. The summed E-state index contributed by atoms with van der Waals surface area (Å²) in [6, 6.07) is 5.50. The van der Waals surface area contributed by atoms with Gasteiger partial charge in [0.25, 0.3) is 0 Å². The number of urea groups is 1. The fourth-order valence-electron chi connectivity index (χ4n) is 2.58. The third kappa shape index (κ3) is 5.61. The lowest BCUT2D eigenvalue weighted by molar-refractivity contribution is 0.120. The Morgan fingerprint density at radius 2 is 2.00 bits per heavy atom. The number of benzene rings is 1. The average molecular weight is 309 g/mol. The largest absolute Gasteiger partial charge is 0.383 e. The molecule has 0 radical (unpaired) electrons. The van der Waals surface area contributed by atoms with Gasteiger partial charge in [0.2, 0.25) is 0 Å². The molecule has 6 heteroatoms. The molecule has 1 aromatic rings. The van der Waals surface area contributed by atoms with Crippen LogP contribution in [0.3, 0.4) is 0 Å². The number of nitrogens with zero attached hydrogens (tertiary/aromatic N) is 1. The number of carbonyl (C=O) groups is 1. The monoisotopic (exact) mass is 309 g/mol. The summed E-state index contributed by atoms with van der Waals surface area (Å²) in [4.78, 5) is 14.2. The Hall–Kier alpha value is -1.66. The van der Waals surface area contributed by atoms with Gasteiger partial charge in [-0.3, -0.25) is 0 Å². The summed E-state index contributed by atoms with van der Waals surface area (Å²) < 4.78 is 17.9. The van der Waals surface area contributed by atoms with Crippen molar-refractivity contribution in [1.29, 1.82) is 0 Å². The first-order valence-corrected chi connectivity index (χ1v) is 7.69. The number of amides is 2. The molecule has 0 bridgehead atoms. The van der Waals surface area contributed by atoms with Crippen molar-refractivity contribution in [2.24, 2.45) is 5.92 Å². The van der Waals surface area contributed by atoms with Crippen LogP contribution in [0, 0.1) is 11.7 Å². The van der Waals surface area contributed by atoms with E-state index in [0.29, 0.717) is 18.2 Å². The first-order chi connectivity index (χ1) is 10.7. The Balaban J connectivity index is 1.64. The minimum Gasteiger partial charge on any atom is -0.383 e. The van der Waals surface area contributed by atoms with E-state index in [-0.39, 0.29) is 11.8 Å². The Kier molecular flexibility index (Phi) is 6.61. The van der Waals surface area contributed by atoms with Crippen LogP contribution in [0.4, 0.5) is 14.9 Å². The molecule has 0 unspecified atom stereocenters. The molecule has 0 aliphatic carbocycles. The fourth-order valence-corrected chi connectivity index (χ4v) is 2.58. The normalized spacial score (nSPS) is 16.5. The number of hydrogen-bond acceptors (Lipinski definition) is 3. The number of rotatable bonds is 6. The molecule has 2 amide bonds. The number of methoxy groups -OCH3 is 1. The predicted octanol–water partition coefficient (Wildman–Crippen LogP) is 2.31. The molecule has 122 valence electrons. The van der Waals surface area contributed by atoms with E-state index < -0.39 is 0 Å². The summed E-state index contributed by atoms with van der Waals surface area (Å²) in [7, 11) is 1.72. The number of nitrogens with one attached hydrogen (secondary N) is 2. The van der Waals surface area contributed by atoms with Gasteiger partial charge in [0.15, 0.2) is 0 Å². The molecule has 2 N–H and O–H groups in total. The minimum atomic E-state index is -0.314. The van der Waals surface area contributed by atoms with Crippen molar-refractivity contribution in [3.05, 3.63) is 30.1 Å². The van der Waals surface area contributed by atoms with Crippen molar-refractivity contribution in [3.63, 3.8) is 0 Å². The number of anilines is 1. The van der Waals surface area contributed by atoms with Crippen LogP contribution in [0.5, 0.6) is 0 Å². The second-order valence-corrected chi connectivity index (χ2v) is 5.62. The molecular formula is C16H24FN3O2. The van der Waals surface area contributed by atoms with E-state index in [2.05, 4.69) is 15.5 Å². The molecule has 1 aliphatic heterocycles. The number of carbonyl (C=O) groups excluding carboxylic acids is 1.